The number of hydrogen-bond acceptors (Lipinski definition) is 3. The van der Waals surface area contributed by atoms with E-state index < -0.39 is 0 Å². The predicted octanol–water partition coefficient (Wildman–Crippen LogP) is 0.633. The SMILES string of the molecule is NCCCCC(=O)NC1CCN(C(=O)C2CC2)CC1. The molecule has 0 atom stereocenters. The molecule has 1 aliphatic carbocycles. The molecule has 5 heteroatoms. The molecule has 3 N–H and O–H groups in total. The van der Waals surface area contributed by atoms with Gasteiger partial charge in [-0.1, -0.05) is 0 Å². The normalized spacial score (nSPS) is 20.4. The summed E-state index contributed by atoms with van der Waals surface area (Å²) in [5.41, 5.74) is 5.40. The number of nitrogens with one attached hydrogen (secondary N) is 1. The molecule has 0 radical (unpaired) electrons. The van der Waals surface area contributed by atoms with Crippen LogP contribution in [-0.2, 0) is 9.59 Å². The molecule has 2 amide bonds. The van der Waals surface area contributed by atoms with Gasteiger partial charge in [0.2, 0.25) is 11.8 Å². The van der Waals surface area contributed by atoms with E-state index in [9.17, 15) is 9.59 Å². The van der Waals surface area contributed by atoms with Gasteiger partial charge in [-0.15, -0.1) is 0 Å². The average molecular weight is 267 g/mol. The number of amides is 2. The van der Waals surface area contributed by atoms with Gasteiger partial charge in [0, 0.05) is 31.5 Å². The summed E-state index contributed by atoms with van der Waals surface area (Å²) >= 11 is 0. The van der Waals surface area contributed by atoms with Crippen LogP contribution < -0.4 is 11.1 Å². The fourth-order valence-corrected chi connectivity index (χ4v) is 2.56. The minimum atomic E-state index is 0.125. The molecule has 0 aromatic carbocycles. The quantitative estimate of drug-likeness (QED) is 0.693. The van der Waals surface area contributed by atoms with Crippen molar-refractivity contribution in [3.63, 3.8) is 0 Å². The minimum absolute atomic E-state index is 0.125. The molecule has 5 nitrogen and oxygen atoms in total. The number of unbranched alkanes of at least 4 members (excludes halogenated alkanes) is 1. The Morgan fingerprint density at radius 2 is 1.79 bits per heavy atom. The molecule has 0 unspecified atom stereocenters. The van der Waals surface area contributed by atoms with E-state index >= 15 is 0 Å². The molecule has 1 saturated heterocycles. The lowest BCUT2D eigenvalue weighted by molar-refractivity contribution is -0.133. The highest BCUT2D eigenvalue weighted by molar-refractivity contribution is 5.81. The number of nitrogens with zero attached hydrogens (tertiary/aromatic N) is 1. The van der Waals surface area contributed by atoms with Gasteiger partial charge in [0.05, 0.1) is 0 Å². The second kappa shape index (κ2) is 6.89. The standard InChI is InChI=1S/C14H25N3O2/c15-8-2-1-3-13(18)16-12-6-9-17(10-7-12)14(19)11-4-5-11/h11-12H,1-10,15H2,(H,16,18). The maximum Gasteiger partial charge on any atom is 0.225 e. The second-order valence-electron chi connectivity index (χ2n) is 5.69. The number of carbonyl (C=O) groups is 2. The van der Waals surface area contributed by atoms with E-state index in [2.05, 4.69) is 5.32 Å². The molecular weight excluding hydrogens is 242 g/mol. The molecule has 2 aliphatic rings. The highest BCUT2D eigenvalue weighted by Gasteiger charge is 2.34. The van der Waals surface area contributed by atoms with E-state index in [1.54, 1.807) is 0 Å². The average Bonchev–Trinajstić information content (AvgIpc) is 3.23. The van der Waals surface area contributed by atoms with Crippen molar-refractivity contribution in [3.05, 3.63) is 0 Å². The molecule has 1 aliphatic heterocycles. The summed E-state index contributed by atoms with van der Waals surface area (Å²) in [5.74, 6) is 0.760. The lowest BCUT2D eigenvalue weighted by Gasteiger charge is -2.32. The van der Waals surface area contributed by atoms with E-state index in [4.69, 9.17) is 5.73 Å². The largest absolute Gasteiger partial charge is 0.353 e. The van der Waals surface area contributed by atoms with Crippen molar-refractivity contribution in [2.24, 2.45) is 11.7 Å². The van der Waals surface area contributed by atoms with Crippen LogP contribution in [0.5, 0.6) is 0 Å². The van der Waals surface area contributed by atoms with Crippen LogP contribution in [-0.4, -0.2) is 42.4 Å². The van der Waals surface area contributed by atoms with Crippen LogP contribution in [0.1, 0.15) is 44.9 Å². The Hall–Kier alpha value is -1.10. The van der Waals surface area contributed by atoms with E-state index in [0.717, 1.165) is 51.6 Å². The lowest BCUT2D eigenvalue weighted by Crippen LogP contribution is -2.46. The fraction of sp³-hybridized carbons (Fsp3) is 0.857. The molecule has 108 valence electrons. The van der Waals surface area contributed by atoms with Crippen molar-refractivity contribution in [2.75, 3.05) is 19.6 Å². The molecule has 1 saturated carbocycles. The molecule has 0 aromatic rings. The summed E-state index contributed by atoms with van der Waals surface area (Å²) in [4.78, 5) is 25.5. The van der Waals surface area contributed by atoms with Gasteiger partial charge in [0.15, 0.2) is 0 Å². The molecule has 2 rings (SSSR count). The third-order valence-electron chi connectivity index (χ3n) is 3.96. The molecule has 0 aromatic heterocycles. The van der Waals surface area contributed by atoms with Gasteiger partial charge in [0.25, 0.3) is 0 Å². The van der Waals surface area contributed by atoms with Gasteiger partial charge in [-0.25, -0.2) is 0 Å². The van der Waals surface area contributed by atoms with Crippen molar-refractivity contribution in [1.29, 1.82) is 0 Å². The van der Waals surface area contributed by atoms with Gasteiger partial charge in [-0.3, -0.25) is 9.59 Å². The Balaban J connectivity index is 1.62. The summed E-state index contributed by atoms with van der Waals surface area (Å²) in [6.07, 6.45) is 6.25. The van der Waals surface area contributed by atoms with Crippen LogP contribution in [0.4, 0.5) is 0 Å². The van der Waals surface area contributed by atoms with Crippen LogP contribution in [0.3, 0.4) is 0 Å². The van der Waals surface area contributed by atoms with E-state index in [-0.39, 0.29) is 11.9 Å². The fourth-order valence-electron chi connectivity index (χ4n) is 2.56. The van der Waals surface area contributed by atoms with Crippen molar-refractivity contribution in [1.82, 2.24) is 10.2 Å². The Labute approximate surface area is 114 Å². The van der Waals surface area contributed by atoms with Gasteiger partial charge < -0.3 is 16.0 Å². The maximum atomic E-state index is 11.9. The Bertz CT molecular complexity index is 321. The van der Waals surface area contributed by atoms with E-state index in [1.165, 1.54) is 0 Å². The Morgan fingerprint density at radius 1 is 1.11 bits per heavy atom. The third-order valence-corrected chi connectivity index (χ3v) is 3.96. The van der Waals surface area contributed by atoms with Crippen molar-refractivity contribution in [2.45, 2.75) is 51.0 Å². The molecule has 0 spiro atoms. The van der Waals surface area contributed by atoms with Gasteiger partial charge in [0.1, 0.15) is 0 Å². The van der Waals surface area contributed by atoms with Crippen LogP contribution in [0.15, 0.2) is 0 Å². The highest BCUT2D eigenvalue weighted by atomic mass is 16.2. The summed E-state index contributed by atoms with van der Waals surface area (Å²) < 4.78 is 0. The number of likely N-dealkylation sites (tertiary alicyclic amines) is 1. The van der Waals surface area contributed by atoms with Crippen LogP contribution in [0, 0.1) is 5.92 Å². The van der Waals surface area contributed by atoms with E-state index in [0.29, 0.717) is 24.8 Å². The van der Waals surface area contributed by atoms with Crippen molar-refractivity contribution in [3.8, 4) is 0 Å². The molecule has 2 fully saturated rings. The van der Waals surface area contributed by atoms with Crippen LogP contribution in [0.25, 0.3) is 0 Å². The first kappa shape index (κ1) is 14.3. The summed E-state index contributed by atoms with van der Waals surface area (Å²) in [6.45, 7) is 2.24. The smallest absolute Gasteiger partial charge is 0.225 e. The van der Waals surface area contributed by atoms with Gasteiger partial charge >= 0.3 is 0 Å². The first-order chi connectivity index (χ1) is 9.20. The van der Waals surface area contributed by atoms with Crippen molar-refractivity contribution < 1.29 is 9.59 Å². The lowest BCUT2D eigenvalue weighted by atomic mass is 10.0. The van der Waals surface area contributed by atoms with Crippen LogP contribution >= 0.6 is 0 Å². The van der Waals surface area contributed by atoms with Crippen molar-refractivity contribution >= 4 is 11.8 Å². The summed E-state index contributed by atoms with van der Waals surface area (Å²) in [6, 6.07) is 0.244. The van der Waals surface area contributed by atoms with Gasteiger partial charge in [-0.2, -0.15) is 0 Å². The number of carbonyl (C=O) groups excluding carboxylic acids is 2. The molecule has 19 heavy (non-hydrogen) atoms. The molecular formula is C14H25N3O2. The van der Waals surface area contributed by atoms with Crippen LogP contribution in [0.2, 0.25) is 0 Å². The zero-order valence-corrected chi connectivity index (χ0v) is 11.6. The topological polar surface area (TPSA) is 75.4 Å². The molecule has 1 heterocycles. The first-order valence-corrected chi connectivity index (χ1v) is 7.49. The number of nitrogens with two attached hydrogens (primary N) is 1. The summed E-state index contributed by atoms with van der Waals surface area (Å²) in [7, 11) is 0. The Morgan fingerprint density at radius 3 is 2.37 bits per heavy atom. The maximum absolute atomic E-state index is 11.9. The second-order valence-corrected chi connectivity index (χ2v) is 5.69. The van der Waals surface area contributed by atoms with E-state index in [1.807, 2.05) is 4.90 Å². The number of piperidine rings is 1. The van der Waals surface area contributed by atoms with Gasteiger partial charge in [-0.05, 0) is 45.1 Å². The number of rotatable bonds is 6. The Kier molecular flexibility index (Phi) is 5.19. The zero-order valence-electron chi connectivity index (χ0n) is 11.6. The predicted molar refractivity (Wildman–Crippen MR) is 73.4 cm³/mol. The first-order valence-electron chi connectivity index (χ1n) is 7.49. The molecule has 0 bridgehead atoms. The third kappa shape index (κ3) is 4.49. The highest BCUT2D eigenvalue weighted by Crippen LogP contribution is 2.31. The minimum Gasteiger partial charge on any atom is -0.353 e. The zero-order chi connectivity index (χ0) is 13.7. The monoisotopic (exact) mass is 267 g/mol. The number of hydrogen-bond donors (Lipinski definition) is 2. The summed E-state index contributed by atoms with van der Waals surface area (Å²) in [5, 5.41) is 3.06.